The van der Waals surface area contributed by atoms with Crippen LogP contribution in [0, 0.1) is 5.92 Å². The quantitative estimate of drug-likeness (QED) is 0.280. The summed E-state index contributed by atoms with van der Waals surface area (Å²) in [4.78, 5) is 16.1. The molecule has 1 atom stereocenters. The van der Waals surface area contributed by atoms with E-state index in [-0.39, 0.29) is 11.7 Å². The number of nitrogens with zero attached hydrogens (tertiary/aromatic N) is 1. The van der Waals surface area contributed by atoms with E-state index in [0.29, 0.717) is 11.7 Å². The molecule has 0 bridgehead atoms. The fraction of sp³-hybridized carbons (Fsp3) is 0.586. The summed E-state index contributed by atoms with van der Waals surface area (Å²) in [6, 6.07) is 2.98. The van der Waals surface area contributed by atoms with Crippen molar-refractivity contribution in [3.8, 4) is 5.95 Å². The van der Waals surface area contributed by atoms with E-state index in [1.807, 2.05) is 6.08 Å². The topological polar surface area (TPSA) is 72.0 Å². The highest BCUT2D eigenvalue weighted by molar-refractivity contribution is 6.05. The number of ether oxygens (including phenoxy) is 1. The molecule has 2 aliphatic carbocycles. The summed E-state index contributed by atoms with van der Waals surface area (Å²) in [6.45, 7) is 2.27. The summed E-state index contributed by atoms with van der Waals surface area (Å²) in [5, 5.41) is 9.12. The van der Waals surface area contributed by atoms with E-state index in [1.165, 1.54) is 100.0 Å². The van der Waals surface area contributed by atoms with E-state index in [2.05, 4.69) is 13.0 Å². The molecule has 1 aliphatic heterocycles. The molecule has 4 rings (SSSR count). The first-order valence-electron chi connectivity index (χ1n) is 13.4. The van der Waals surface area contributed by atoms with Crippen LogP contribution in [0.15, 0.2) is 56.3 Å². The normalized spacial score (nSPS) is 19.3. The van der Waals surface area contributed by atoms with Gasteiger partial charge in [-0.1, -0.05) is 77.2 Å². The highest BCUT2D eigenvalue weighted by atomic mass is 16.6. The van der Waals surface area contributed by atoms with E-state index in [0.717, 1.165) is 25.0 Å². The Kier molecular flexibility index (Phi) is 8.84. The minimum absolute atomic E-state index is 0.121. The van der Waals surface area contributed by atoms with Crippen LogP contribution in [0.3, 0.4) is 0 Å². The second-order valence-electron chi connectivity index (χ2n) is 9.83. The maximum Gasteiger partial charge on any atom is 0.371 e. The minimum Gasteiger partial charge on any atom is -0.475 e. The standard InChI is InChI=1S/C29H39NO4/c1-2-3-4-5-6-7-8-9-10-11-14-21-17-18-24(33-26-20-19-25(34-26)29(31)32)28-27(21)22-15-12-13-16-23(22)30-28/h17-21H,2-16H2,1H3,(H,31,32). The van der Waals surface area contributed by atoms with Crippen LogP contribution in [0.4, 0.5) is 0 Å². The van der Waals surface area contributed by atoms with Gasteiger partial charge in [-0.25, -0.2) is 9.79 Å². The number of furan rings is 1. The van der Waals surface area contributed by atoms with Gasteiger partial charge in [0.25, 0.3) is 5.95 Å². The summed E-state index contributed by atoms with van der Waals surface area (Å²) in [5.41, 5.74) is 4.92. The Hall–Kier alpha value is -2.56. The highest BCUT2D eigenvalue weighted by Crippen LogP contribution is 2.44. The summed E-state index contributed by atoms with van der Waals surface area (Å²) in [6.07, 6.45) is 23.4. The van der Waals surface area contributed by atoms with Crippen molar-refractivity contribution in [2.24, 2.45) is 10.9 Å². The molecule has 5 heteroatoms. The SMILES string of the molecule is CCCCCCCCCCCCC1C=CC(Oc2ccc(C(=O)O)o2)=C2N=C3CCCCC3=C21. The molecule has 0 aromatic carbocycles. The van der Waals surface area contributed by atoms with Crippen molar-refractivity contribution in [1.82, 2.24) is 0 Å². The van der Waals surface area contributed by atoms with Gasteiger partial charge in [0.1, 0.15) is 5.70 Å². The van der Waals surface area contributed by atoms with Crippen LogP contribution in [0.25, 0.3) is 0 Å². The lowest BCUT2D eigenvalue weighted by Crippen LogP contribution is -2.13. The van der Waals surface area contributed by atoms with Gasteiger partial charge in [-0.15, -0.1) is 0 Å². The molecular formula is C29H39NO4. The number of fused-ring (bicyclic) bond motifs is 2. The third kappa shape index (κ3) is 6.11. The number of aliphatic imine (C=N–C) groups is 1. The molecular weight excluding hydrogens is 426 g/mol. The third-order valence-corrected chi connectivity index (χ3v) is 7.22. The van der Waals surface area contributed by atoms with E-state index in [1.54, 1.807) is 6.07 Å². The zero-order chi connectivity index (χ0) is 23.8. The molecule has 34 heavy (non-hydrogen) atoms. The second kappa shape index (κ2) is 12.2. The fourth-order valence-corrected chi connectivity index (χ4v) is 5.38. The predicted molar refractivity (Wildman–Crippen MR) is 135 cm³/mol. The molecule has 1 fully saturated rings. The molecule has 0 amide bonds. The largest absolute Gasteiger partial charge is 0.475 e. The monoisotopic (exact) mass is 465 g/mol. The number of hydrogen-bond acceptors (Lipinski definition) is 4. The lowest BCUT2D eigenvalue weighted by molar-refractivity contribution is 0.0656. The molecule has 0 radical (unpaired) electrons. The number of rotatable bonds is 14. The van der Waals surface area contributed by atoms with Gasteiger partial charge in [-0.05, 0) is 55.4 Å². The second-order valence-corrected chi connectivity index (χ2v) is 9.83. The third-order valence-electron chi connectivity index (χ3n) is 7.22. The maximum atomic E-state index is 11.1. The molecule has 184 valence electrons. The molecule has 3 aliphatic rings. The summed E-state index contributed by atoms with van der Waals surface area (Å²) in [5.74, 6) is 0.0199. The van der Waals surface area contributed by atoms with Crippen molar-refractivity contribution in [2.45, 2.75) is 103 Å². The molecule has 1 unspecified atom stereocenters. The number of carbonyl (C=O) groups is 1. The Morgan fingerprint density at radius 3 is 2.44 bits per heavy atom. The Labute approximate surface area is 203 Å². The number of aromatic carboxylic acids is 1. The van der Waals surface area contributed by atoms with Gasteiger partial charge in [0.05, 0.1) is 0 Å². The van der Waals surface area contributed by atoms with Crippen molar-refractivity contribution < 1.29 is 19.1 Å². The van der Waals surface area contributed by atoms with Crippen molar-refractivity contribution in [1.29, 1.82) is 0 Å². The van der Waals surface area contributed by atoms with Crippen LogP contribution < -0.4 is 4.74 Å². The number of unbranched alkanes of at least 4 members (excludes halogenated alkanes) is 9. The van der Waals surface area contributed by atoms with E-state index in [9.17, 15) is 4.79 Å². The Morgan fingerprint density at radius 1 is 1.03 bits per heavy atom. The number of hydrogen-bond donors (Lipinski definition) is 1. The Bertz CT molecular complexity index is 978. The number of carboxylic acid groups (broad SMARTS) is 1. The number of carboxylic acids is 1. The molecule has 1 aromatic heterocycles. The van der Waals surface area contributed by atoms with Crippen molar-refractivity contribution in [3.63, 3.8) is 0 Å². The fourth-order valence-electron chi connectivity index (χ4n) is 5.38. The average Bonchev–Trinajstić information content (AvgIpc) is 3.47. The van der Waals surface area contributed by atoms with Gasteiger partial charge >= 0.3 is 5.97 Å². The smallest absolute Gasteiger partial charge is 0.371 e. The summed E-state index contributed by atoms with van der Waals surface area (Å²) < 4.78 is 11.3. The zero-order valence-electron chi connectivity index (χ0n) is 20.6. The van der Waals surface area contributed by atoms with Crippen molar-refractivity contribution in [3.05, 3.63) is 52.6 Å². The molecule has 0 saturated heterocycles. The van der Waals surface area contributed by atoms with Gasteiger partial charge < -0.3 is 14.3 Å². The lowest BCUT2D eigenvalue weighted by atomic mass is 9.81. The molecule has 2 heterocycles. The molecule has 1 saturated carbocycles. The molecule has 1 aromatic rings. The van der Waals surface area contributed by atoms with Crippen LogP contribution in [0.2, 0.25) is 0 Å². The molecule has 1 N–H and O–H groups in total. The van der Waals surface area contributed by atoms with Gasteiger partial charge in [0, 0.05) is 17.7 Å². The maximum absolute atomic E-state index is 11.1. The van der Waals surface area contributed by atoms with Gasteiger partial charge in [-0.3, -0.25) is 0 Å². The first-order chi connectivity index (χ1) is 16.7. The highest BCUT2D eigenvalue weighted by Gasteiger charge is 2.34. The van der Waals surface area contributed by atoms with Crippen molar-refractivity contribution in [2.75, 3.05) is 0 Å². The van der Waals surface area contributed by atoms with Gasteiger partial charge in [0.15, 0.2) is 5.76 Å². The van der Waals surface area contributed by atoms with Crippen LogP contribution in [-0.2, 0) is 0 Å². The predicted octanol–water partition coefficient (Wildman–Crippen LogP) is 8.39. The van der Waals surface area contributed by atoms with Crippen LogP contribution in [-0.4, -0.2) is 16.8 Å². The Balaban J connectivity index is 1.34. The molecule has 5 nitrogen and oxygen atoms in total. The summed E-state index contributed by atoms with van der Waals surface area (Å²) in [7, 11) is 0. The molecule has 0 spiro atoms. The Morgan fingerprint density at radius 2 is 1.74 bits per heavy atom. The summed E-state index contributed by atoms with van der Waals surface area (Å²) >= 11 is 0. The van der Waals surface area contributed by atoms with Crippen LogP contribution in [0.5, 0.6) is 5.95 Å². The van der Waals surface area contributed by atoms with E-state index >= 15 is 0 Å². The minimum atomic E-state index is -1.10. The lowest BCUT2D eigenvalue weighted by Gasteiger charge is -2.23. The van der Waals surface area contributed by atoms with Gasteiger partial charge in [-0.2, -0.15) is 0 Å². The van der Waals surface area contributed by atoms with Gasteiger partial charge in [0.2, 0.25) is 5.76 Å². The first-order valence-corrected chi connectivity index (χ1v) is 13.4. The van der Waals surface area contributed by atoms with Crippen LogP contribution >= 0.6 is 0 Å². The number of allylic oxidation sites excluding steroid dienone is 4. The van der Waals surface area contributed by atoms with Crippen molar-refractivity contribution >= 4 is 11.7 Å². The average molecular weight is 466 g/mol. The van der Waals surface area contributed by atoms with E-state index in [4.69, 9.17) is 19.3 Å². The first kappa shape index (κ1) is 24.6. The zero-order valence-corrected chi connectivity index (χ0v) is 20.6. The van der Waals surface area contributed by atoms with E-state index < -0.39 is 5.97 Å². The van der Waals surface area contributed by atoms with Crippen LogP contribution in [0.1, 0.15) is 114 Å².